The van der Waals surface area contributed by atoms with Gasteiger partial charge in [-0.05, 0) is 12.1 Å². The van der Waals surface area contributed by atoms with Gasteiger partial charge in [0.25, 0.3) is 11.8 Å². The van der Waals surface area contributed by atoms with Crippen molar-refractivity contribution >= 4 is 11.8 Å². The number of rotatable bonds is 3. The van der Waals surface area contributed by atoms with Crippen LogP contribution in [-0.4, -0.2) is 11.8 Å². The Morgan fingerprint density at radius 1 is 1.27 bits per heavy atom. The molecule has 0 unspecified atom stereocenters. The van der Waals surface area contributed by atoms with Crippen molar-refractivity contribution in [3.63, 3.8) is 0 Å². The Morgan fingerprint density at radius 3 is 2.40 bits per heavy atom. The zero-order valence-electron chi connectivity index (χ0n) is 7.74. The fourth-order valence-corrected chi connectivity index (χ4v) is 0.873. The van der Waals surface area contributed by atoms with Gasteiger partial charge in [-0.15, -0.1) is 0 Å². The molecule has 2 amide bonds. The second kappa shape index (κ2) is 4.90. The Morgan fingerprint density at radius 2 is 1.87 bits per heavy atom. The zero-order valence-corrected chi connectivity index (χ0v) is 7.74. The first-order valence-corrected chi connectivity index (χ1v) is 4.12. The van der Waals surface area contributed by atoms with Gasteiger partial charge in [-0.3, -0.25) is 9.59 Å². The van der Waals surface area contributed by atoms with E-state index in [9.17, 15) is 14.0 Å². The minimum absolute atomic E-state index is 0.367. The van der Waals surface area contributed by atoms with Crippen molar-refractivity contribution in [3.8, 4) is 0 Å². The van der Waals surface area contributed by atoms with Gasteiger partial charge in [-0.1, -0.05) is 18.2 Å². The summed E-state index contributed by atoms with van der Waals surface area (Å²) in [6.07, 6.45) is 0.637. The second-order valence-corrected chi connectivity index (χ2v) is 2.70. The number of carbonyl (C=O) groups is 2. The van der Waals surface area contributed by atoms with Crippen LogP contribution in [0.5, 0.6) is 0 Å². The second-order valence-electron chi connectivity index (χ2n) is 2.70. The maximum Gasteiger partial charge on any atom is 0.278 e. The molecule has 0 saturated carbocycles. The number of hydrogen-bond acceptors (Lipinski definition) is 2. The first-order valence-electron chi connectivity index (χ1n) is 4.12. The zero-order chi connectivity index (χ0) is 11.3. The number of amides is 2. The van der Waals surface area contributed by atoms with Gasteiger partial charge in [0.2, 0.25) is 5.83 Å². The number of nitrogens with two attached hydrogens (primary N) is 1. The molecule has 0 atom stereocenters. The van der Waals surface area contributed by atoms with E-state index in [4.69, 9.17) is 0 Å². The first kappa shape index (κ1) is 10.9. The molecule has 5 heteroatoms. The highest BCUT2D eigenvalue weighted by Crippen LogP contribution is 1.98. The molecule has 1 rings (SSSR count). The molecule has 15 heavy (non-hydrogen) atoms. The Bertz CT molecular complexity index is 401. The van der Waals surface area contributed by atoms with Crippen molar-refractivity contribution in [2.45, 2.75) is 0 Å². The van der Waals surface area contributed by atoms with Crippen molar-refractivity contribution in [1.29, 1.82) is 0 Å². The van der Waals surface area contributed by atoms with Crippen molar-refractivity contribution < 1.29 is 14.0 Å². The molecule has 0 heterocycles. The summed E-state index contributed by atoms with van der Waals surface area (Å²) in [7, 11) is 0. The number of primary amides is 1. The van der Waals surface area contributed by atoms with E-state index < -0.39 is 17.6 Å². The molecule has 0 aliphatic heterocycles. The van der Waals surface area contributed by atoms with E-state index >= 15 is 0 Å². The molecule has 0 saturated heterocycles. The standard InChI is InChI=1S/C10H9FN2O2/c11-8(9(12)14)6-13-10(15)7-4-2-1-3-5-7/h1-6H,(H2,12,14)(H,13,15)/b8-6+. The van der Waals surface area contributed by atoms with Crippen LogP contribution in [0.4, 0.5) is 4.39 Å². The number of benzene rings is 1. The van der Waals surface area contributed by atoms with Gasteiger partial charge in [0.05, 0.1) is 0 Å². The summed E-state index contributed by atoms with van der Waals surface area (Å²) < 4.78 is 12.6. The number of nitrogens with one attached hydrogen (secondary N) is 1. The monoisotopic (exact) mass is 208 g/mol. The normalized spacial score (nSPS) is 10.9. The lowest BCUT2D eigenvalue weighted by molar-refractivity contribution is -0.115. The van der Waals surface area contributed by atoms with Gasteiger partial charge in [0.1, 0.15) is 0 Å². The first-order chi connectivity index (χ1) is 7.11. The topological polar surface area (TPSA) is 72.2 Å². The molecule has 4 nitrogen and oxygen atoms in total. The van der Waals surface area contributed by atoms with Gasteiger partial charge in [0.15, 0.2) is 0 Å². The smallest absolute Gasteiger partial charge is 0.278 e. The van der Waals surface area contributed by atoms with E-state index in [-0.39, 0.29) is 0 Å². The quantitative estimate of drug-likeness (QED) is 0.718. The molecule has 1 aromatic rings. The Hall–Kier alpha value is -2.17. The molecule has 0 aliphatic rings. The van der Waals surface area contributed by atoms with E-state index in [0.717, 1.165) is 0 Å². The lowest BCUT2D eigenvalue weighted by Crippen LogP contribution is -2.20. The summed E-state index contributed by atoms with van der Waals surface area (Å²) in [5.41, 5.74) is 4.99. The predicted molar refractivity (Wildman–Crippen MR) is 52.3 cm³/mol. The minimum atomic E-state index is -1.22. The van der Waals surface area contributed by atoms with E-state index in [1.165, 1.54) is 0 Å². The summed E-state index contributed by atoms with van der Waals surface area (Å²) in [5.74, 6) is -2.92. The molecule has 78 valence electrons. The van der Waals surface area contributed by atoms with Crippen LogP contribution in [0.1, 0.15) is 10.4 Å². The lowest BCUT2D eigenvalue weighted by Gasteiger charge is -1.99. The summed E-state index contributed by atoms with van der Waals surface area (Å²) in [6.45, 7) is 0. The molecule has 0 bridgehead atoms. The van der Waals surface area contributed by atoms with Crippen molar-refractivity contribution in [3.05, 3.63) is 47.9 Å². The number of hydrogen-bond donors (Lipinski definition) is 2. The van der Waals surface area contributed by atoms with E-state index in [2.05, 4.69) is 11.1 Å². The lowest BCUT2D eigenvalue weighted by atomic mass is 10.2. The molecule has 0 aliphatic carbocycles. The van der Waals surface area contributed by atoms with Gasteiger partial charge in [-0.25, -0.2) is 0 Å². The molecular formula is C10H9FN2O2. The van der Waals surface area contributed by atoms with E-state index in [0.29, 0.717) is 11.8 Å². The third-order valence-corrected chi connectivity index (χ3v) is 1.60. The van der Waals surface area contributed by atoms with Crippen LogP contribution < -0.4 is 11.1 Å². The highest BCUT2D eigenvalue weighted by Gasteiger charge is 2.05. The molecule has 1 aromatic carbocycles. The van der Waals surface area contributed by atoms with Crippen LogP contribution in [-0.2, 0) is 4.79 Å². The fraction of sp³-hybridized carbons (Fsp3) is 0. The van der Waals surface area contributed by atoms with Gasteiger partial charge >= 0.3 is 0 Å². The largest absolute Gasteiger partial charge is 0.364 e. The van der Waals surface area contributed by atoms with Crippen molar-refractivity contribution in [1.82, 2.24) is 5.32 Å². The van der Waals surface area contributed by atoms with Crippen LogP contribution in [0.3, 0.4) is 0 Å². The molecule has 3 N–H and O–H groups in total. The molecule has 0 fully saturated rings. The highest BCUT2D eigenvalue weighted by atomic mass is 19.1. The van der Waals surface area contributed by atoms with Gasteiger partial charge in [0, 0.05) is 11.8 Å². The minimum Gasteiger partial charge on any atom is -0.364 e. The summed E-state index contributed by atoms with van der Waals surface area (Å²) in [5, 5.41) is 2.10. The SMILES string of the molecule is NC(=O)/C(F)=C\NC(=O)c1ccccc1. The molecule has 0 radical (unpaired) electrons. The van der Waals surface area contributed by atoms with Gasteiger partial charge < -0.3 is 11.1 Å². The van der Waals surface area contributed by atoms with Crippen LogP contribution in [0.15, 0.2) is 42.4 Å². The number of carbonyl (C=O) groups excluding carboxylic acids is 2. The number of halogens is 1. The van der Waals surface area contributed by atoms with E-state index in [1.807, 2.05) is 0 Å². The highest BCUT2D eigenvalue weighted by molar-refractivity contribution is 5.96. The maximum absolute atomic E-state index is 12.6. The summed E-state index contributed by atoms with van der Waals surface area (Å²) in [6, 6.07) is 8.21. The summed E-state index contributed by atoms with van der Waals surface area (Å²) >= 11 is 0. The molecule has 0 aromatic heterocycles. The Kier molecular flexibility index (Phi) is 3.56. The van der Waals surface area contributed by atoms with E-state index in [1.54, 1.807) is 30.3 Å². The fourth-order valence-electron chi connectivity index (χ4n) is 0.873. The third kappa shape index (κ3) is 3.22. The average Bonchev–Trinajstić information content (AvgIpc) is 2.26. The maximum atomic E-state index is 12.6. The Labute approximate surface area is 85.6 Å². The van der Waals surface area contributed by atoms with Crippen LogP contribution >= 0.6 is 0 Å². The summed E-state index contributed by atoms with van der Waals surface area (Å²) in [4.78, 5) is 21.6. The Balaban J connectivity index is 2.66. The van der Waals surface area contributed by atoms with Gasteiger partial charge in [-0.2, -0.15) is 4.39 Å². The van der Waals surface area contributed by atoms with Crippen molar-refractivity contribution in [2.24, 2.45) is 5.73 Å². The van der Waals surface area contributed by atoms with Crippen LogP contribution in [0.2, 0.25) is 0 Å². The van der Waals surface area contributed by atoms with Crippen LogP contribution in [0.25, 0.3) is 0 Å². The average molecular weight is 208 g/mol. The molecular weight excluding hydrogens is 199 g/mol. The van der Waals surface area contributed by atoms with Crippen molar-refractivity contribution in [2.75, 3.05) is 0 Å². The predicted octanol–water partition coefficient (Wildman–Crippen LogP) is 0.713. The third-order valence-electron chi connectivity index (χ3n) is 1.60. The molecule has 0 spiro atoms. The van der Waals surface area contributed by atoms with Crippen LogP contribution in [0, 0.1) is 0 Å².